The Labute approximate surface area is 151 Å². The number of carbonyl (C=O) groups excluding carboxylic acids is 1. The Balaban J connectivity index is 1.55. The lowest BCUT2D eigenvalue weighted by Crippen LogP contribution is -2.42. The minimum atomic E-state index is -4.37. The summed E-state index contributed by atoms with van der Waals surface area (Å²) in [4.78, 5) is 22.5. The third-order valence-corrected chi connectivity index (χ3v) is 5.00. The maximum Gasteiger partial charge on any atom is 0.417 e. The molecule has 0 bridgehead atoms. The van der Waals surface area contributed by atoms with Gasteiger partial charge in [-0.1, -0.05) is 0 Å². The molecule has 1 aromatic rings. The van der Waals surface area contributed by atoms with E-state index in [-0.39, 0.29) is 5.91 Å². The molecule has 8 heteroatoms. The summed E-state index contributed by atoms with van der Waals surface area (Å²) >= 11 is 0. The first kappa shape index (κ1) is 18.9. The SMILES string of the molecule is CCN(C(=O)CN1CCCN(c2ccc(C(F)(F)F)cn2)CC1)C1CC1. The maximum absolute atomic E-state index is 12.7. The van der Waals surface area contributed by atoms with Crippen molar-refractivity contribution < 1.29 is 18.0 Å². The molecule has 2 heterocycles. The molecular formula is C18H25F3N4O. The van der Waals surface area contributed by atoms with Crippen molar-refractivity contribution in [3.05, 3.63) is 23.9 Å². The van der Waals surface area contributed by atoms with E-state index in [4.69, 9.17) is 0 Å². The lowest BCUT2D eigenvalue weighted by Gasteiger charge is -2.26. The number of alkyl halides is 3. The van der Waals surface area contributed by atoms with Crippen molar-refractivity contribution in [3.63, 3.8) is 0 Å². The lowest BCUT2D eigenvalue weighted by molar-refractivity contribution is -0.137. The van der Waals surface area contributed by atoms with Gasteiger partial charge in [-0.3, -0.25) is 9.69 Å². The summed E-state index contributed by atoms with van der Waals surface area (Å²) in [5.74, 6) is 0.732. The molecule has 1 saturated heterocycles. The van der Waals surface area contributed by atoms with Crippen molar-refractivity contribution in [3.8, 4) is 0 Å². The summed E-state index contributed by atoms with van der Waals surface area (Å²) in [6.45, 7) is 6.07. The molecular weight excluding hydrogens is 345 g/mol. The Hall–Kier alpha value is -1.83. The van der Waals surface area contributed by atoms with E-state index in [0.717, 1.165) is 51.2 Å². The molecule has 1 aromatic heterocycles. The van der Waals surface area contributed by atoms with Gasteiger partial charge >= 0.3 is 6.18 Å². The van der Waals surface area contributed by atoms with Gasteiger partial charge in [0.15, 0.2) is 0 Å². The molecule has 0 N–H and O–H groups in total. The van der Waals surface area contributed by atoms with Crippen molar-refractivity contribution in [1.82, 2.24) is 14.8 Å². The number of likely N-dealkylation sites (N-methyl/N-ethyl adjacent to an activating group) is 1. The van der Waals surface area contributed by atoms with Gasteiger partial charge in [0, 0.05) is 45.0 Å². The number of carbonyl (C=O) groups is 1. The van der Waals surface area contributed by atoms with Gasteiger partial charge in [-0.2, -0.15) is 13.2 Å². The molecule has 1 saturated carbocycles. The van der Waals surface area contributed by atoms with E-state index in [1.54, 1.807) is 0 Å². The Morgan fingerprint density at radius 1 is 1.23 bits per heavy atom. The fourth-order valence-corrected chi connectivity index (χ4v) is 3.41. The van der Waals surface area contributed by atoms with Crippen molar-refractivity contribution in [2.45, 2.75) is 38.4 Å². The lowest BCUT2D eigenvalue weighted by atomic mass is 10.2. The minimum Gasteiger partial charge on any atom is -0.355 e. The summed E-state index contributed by atoms with van der Waals surface area (Å²) in [5.41, 5.74) is -0.733. The average molecular weight is 370 g/mol. The molecule has 2 aliphatic rings. The van der Waals surface area contributed by atoms with E-state index in [0.29, 0.717) is 31.5 Å². The summed E-state index contributed by atoms with van der Waals surface area (Å²) in [6.07, 6.45) is -0.421. The number of hydrogen-bond acceptors (Lipinski definition) is 4. The van der Waals surface area contributed by atoms with Gasteiger partial charge in [0.1, 0.15) is 5.82 Å². The number of pyridine rings is 1. The smallest absolute Gasteiger partial charge is 0.355 e. The first-order valence-electron chi connectivity index (χ1n) is 9.18. The zero-order valence-electron chi connectivity index (χ0n) is 15.0. The number of rotatable bonds is 5. The summed E-state index contributed by atoms with van der Waals surface area (Å²) in [5, 5.41) is 0. The number of anilines is 1. The monoisotopic (exact) mass is 370 g/mol. The van der Waals surface area contributed by atoms with Crippen LogP contribution >= 0.6 is 0 Å². The molecule has 0 unspecified atom stereocenters. The van der Waals surface area contributed by atoms with Crippen molar-refractivity contribution >= 4 is 11.7 Å². The van der Waals surface area contributed by atoms with Crippen LogP contribution in [-0.2, 0) is 11.0 Å². The first-order chi connectivity index (χ1) is 12.4. The van der Waals surface area contributed by atoms with Gasteiger partial charge < -0.3 is 9.80 Å². The van der Waals surface area contributed by atoms with Crippen LogP contribution in [0.5, 0.6) is 0 Å². The van der Waals surface area contributed by atoms with Crippen LogP contribution in [-0.4, -0.2) is 66.0 Å². The minimum absolute atomic E-state index is 0.177. The Bertz CT molecular complexity index is 616. The van der Waals surface area contributed by atoms with E-state index in [1.807, 2.05) is 16.7 Å². The normalized spacial score (nSPS) is 19.3. The van der Waals surface area contributed by atoms with E-state index < -0.39 is 11.7 Å². The number of hydrogen-bond donors (Lipinski definition) is 0. The number of halogens is 3. The second kappa shape index (κ2) is 7.82. The van der Waals surface area contributed by atoms with Crippen molar-refractivity contribution in [2.24, 2.45) is 0 Å². The molecule has 3 rings (SSSR count). The highest BCUT2D eigenvalue weighted by Crippen LogP contribution is 2.29. The Morgan fingerprint density at radius 2 is 2.00 bits per heavy atom. The van der Waals surface area contributed by atoms with Gasteiger partial charge in [-0.15, -0.1) is 0 Å². The molecule has 0 atom stereocenters. The number of nitrogens with zero attached hydrogens (tertiary/aromatic N) is 4. The van der Waals surface area contributed by atoms with Crippen LogP contribution in [0, 0.1) is 0 Å². The molecule has 0 spiro atoms. The van der Waals surface area contributed by atoms with E-state index >= 15 is 0 Å². The predicted molar refractivity (Wildman–Crippen MR) is 92.9 cm³/mol. The van der Waals surface area contributed by atoms with Gasteiger partial charge in [-0.05, 0) is 38.3 Å². The largest absolute Gasteiger partial charge is 0.417 e. The molecule has 1 amide bonds. The third kappa shape index (κ3) is 4.66. The zero-order valence-corrected chi connectivity index (χ0v) is 15.0. The standard InChI is InChI=1S/C18H25F3N4O/c1-2-25(15-5-6-15)17(26)13-23-8-3-9-24(11-10-23)16-7-4-14(12-22-16)18(19,20)21/h4,7,12,15H,2-3,5-6,8-11,13H2,1H3. The van der Waals surface area contributed by atoms with Crippen LogP contribution < -0.4 is 4.90 Å². The molecule has 1 aliphatic heterocycles. The van der Waals surface area contributed by atoms with E-state index in [9.17, 15) is 18.0 Å². The Kier molecular flexibility index (Phi) is 5.70. The quantitative estimate of drug-likeness (QED) is 0.799. The van der Waals surface area contributed by atoms with Crippen molar-refractivity contribution in [2.75, 3.05) is 44.2 Å². The number of amides is 1. The molecule has 1 aliphatic carbocycles. The van der Waals surface area contributed by atoms with Crippen LogP contribution in [0.1, 0.15) is 31.7 Å². The highest BCUT2D eigenvalue weighted by Gasteiger charge is 2.32. The van der Waals surface area contributed by atoms with Gasteiger partial charge in [0.2, 0.25) is 5.91 Å². The summed E-state index contributed by atoms with van der Waals surface area (Å²) < 4.78 is 38.0. The van der Waals surface area contributed by atoms with Gasteiger partial charge in [0.05, 0.1) is 12.1 Å². The van der Waals surface area contributed by atoms with Crippen LogP contribution in [0.4, 0.5) is 19.0 Å². The van der Waals surface area contributed by atoms with Crippen LogP contribution in [0.3, 0.4) is 0 Å². The van der Waals surface area contributed by atoms with Gasteiger partial charge in [0.25, 0.3) is 0 Å². The maximum atomic E-state index is 12.7. The summed E-state index contributed by atoms with van der Waals surface area (Å²) in [7, 11) is 0. The van der Waals surface area contributed by atoms with Crippen LogP contribution in [0.2, 0.25) is 0 Å². The molecule has 26 heavy (non-hydrogen) atoms. The fourth-order valence-electron chi connectivity index (χ4n) is 3.41. The van der Waals surface area contributed by atoms with Crippen molar-refractivity contribution in [1.29, 1.82) is 0 Å². The molecule has 5 nitrogen and oxygen atoms in total. The fraction of sp³-hybridized carbons (Fsp3) is 0.667. The van der Waals surface area contributed by atoms with Crippen LogP contribution in [0.25, 0.3) is 0 Å². The second-order valence-electron chi connectivity index (χ2n) is 6.93. The Morgan fingerprint density at radius 3 is 2.58 bits per heavy atom. The predicted octanol–water partition coefficient (Wildman–Crippen LogP) is 2.62. The van der Waals surface area contributed by atoms with E-state index in [2.05, 4.69) is 9.88 Å². The first-order valence-corrected chi connectivity index (χ1v) is 9.18. The van der Waals surface area contributed by atoms with Crippen LogP contribution in [0.15, 0.2) is 18.3 Å². The molecule has 0 radical (unpaired) electrons. The average Bonchev–Trinajstić information content (AvgIpc) is 3.43. The highest BCUT2D eigenvalue weighted by atomic mass is 19.4. The summed E-state index contributed by atoms with van der Waals surface area (Å²) in [6, 6.07) is 2.92. The molecule has 144 valence electrons. The van der Waals surface area contributed by atoms with Gasteiger partial charge in [-0.25, -0.2) is 4.98 Å². The number of aromatic nitrogens is 1. The zero-order chi connectivity index (χ0) is 18.7. The van der Waals surface area contributed by atoms with E-state index in [1.165, 1.54) is 6.07 Å². The topological polar surface area (TPSA) is 39.7 Å². The second-order valence-corrected chi connectivity index (χ2v) is 6.93. The third-order valence-electron chi connectivity index (χ3n) is 5.00. The molecule has 0 aromatic carbocycles. The highest BCUT2D eigenvalue weighted by molar-refractivity contribution is 5.79. The molecule has 2 fully saturated rings.